The van der Waals surface area contributed by atoms with Crippen molar-refractivity contribution in [2.24, 2.45) is 18.6 Å². The first kappa shape index (κ1) is 24.4. The maximum absolute atomic E-state index is 14.9. The van der Waals surface area contributed by atoms with Crippen molar-refractivity contribution >= 4 is 39.3 Å². The Balaban J connectivity index is 1.67. The zero-order chi connectivity index (χ0) is 32.7. The topological polar surface area (TPSA) is 123 Å². The molecular formula is C32H30ClFN4O4. The number of aromatic nitrogens is 3. The van der Waals surface area contributed by atoms with Crippen molar-refractivity contribution in [3.63, 3.8) is 0 Å². The summed E-state index contributed by atoms with van der Waals surface area (Å²) in [5, 5.41) is 11.3. The highest BCUT2D eigenvalue weighted by Gasteiger charge is 2.34. The molecule has 8 nitrogen and oxygen atoms in total. The molecule has 42 heavy (non-hydrogen) atoms. The molecule has 0 aliphatic heterocycles. The van der Waals surface area contributed by atoms with E-state index in [1.54, 1.807) is 32.9 Å². The van der Waals surface area contributed by atoms with Gasteiger partial charge in [0.1, 0.15) is 5.82 Å². The van der Waals surface area contributed by atoms with E-state index >= 15 is 0 Å². The van der Waals surface area contributed by atoms with E-state index in [9.17, 15) is 23.9 Å². The second-order valence-corrected chi connectivity index (χ2v) is 11.8. The molecule has 2 heterocycles. The standard InChI is InChI=1S/C32H30ClFN4O4/c1-15-17(7-6-10-24(15)38-30(40)19-8-5-9-22(34)28(19)37(4)31(38)41)25-21(33)14-20(29(35)39)27-26(25)18-12-11-16(32(2,3)42)13-23(18)36-27/h5-10,14,16,36,42H,11-13H2,1-4H3,(H2,35,39)/t16-/m0/s1/i4D3. The Hall–Kier alpha value is -4.21. The molecule has 0 unspecified atom stereocenters. The van der Waals surface area contributed by atoms with Crippen LogP contribution in [0.5, 0.6) is 0 Å². The van der Waals surface area contributed by atoms with E-state index < -0.39 is 41.1 Å². The Labute approximate surface area is 249 Å². The lowest BCUT2D eigenvalue weighted by atomic mass is 9.77. The molecule has 5 aromatic rings. The third-order valence-corrected chi connectivity index (χ3v) is 8.82. The maximum atomic E-state index is 14.9. The van der Waals surface area contributed by atoms with E-state index in [0.717, 1.165) is 21.9 Å². The van der Waals surface area contributed by atoms with Crippen LogP contribution < -0.4 is 17.0 Å². The summed E-state index contributed by atoms with van der Waals surface area (Å²) in [5.74, 6) is -1.73. The number of para-hydroxylation sites is 1. The van der Waals surface area contributed by atoms with Crippen molar-refractivity contribution in [1.82, 2.24) is 14.1 Å². The van der Waals surface area contributed by atoms with Gasteiger partial charge in [0, 0.05) is 32.8 Å². The van der Waals surface area contributed by atoms with Gasteiger partial charge in [-0.3, -0.25) is 14.2 Å². The lowest BCUT2D eigenvalue weighted by molar-refractivity contribution is 0.0107. The Morgan fingerprint density at radius 3 is 2.67 bits per heavy atom. The summed E-state index contributed by atoms with van der Waals surface area (Å²) >= 11 is 6.89. The van der Waals surface area contributed by atoms with Gasteiger partial charge < -0.3 is 15.8 Å². The summed E-state index contributed by atoms with van der Waals surface area (Å²) in [6.07, 6.45) is 1.78. The zero-order valence-electron chi connectivity index (χ0n) is 26.1. The molecule has 4 N–H and O–H groups in total. The molecule has 2 aromatic heterocycles. The number of carbonyl (C=O) groups is 1. The van der Waals surface area contributed by atoms with Gasteiger partial charge in [0.2, 0.25) is 0 Å². The monoisotopic (exact) mass is 591 g/mol. The highest BCUT2D eigenvalue weighted by molar-refractivity contribution is 6.36. The van der Waals surface area contributed by atoms with Gasteiger partial charge in [0.15, 0.2) is 0 Å². The van der Waals surface area contributed by atoms with Gasteiger partial charge in [0.05, 0.1) is 33.3 Å². The first-order chi connectivity index (χ1) is 21.0. The van der Waals surface area contributed by atoms with Crippen LogP contribution in [0, 0.1) is 18.7 Å². The molecule has 0 bridgehead atoms. The van der Waals surface area contributed by atoms with Gasteiger partial charge in [-0.25, -0.2) is 13.8 Å². The molecule has 1 aliphatic carbocycles. The average Bonchev–Trinajstić information content (AvgIpc) is 3.32. The fourth-order valence-corrected chi connectivity index (χ4v) is 6.61. The lowest BCUT2D eigenvalue weighted by Gasteiger charge is -2.32. The number of hydrogen-bond donors (Lipinski definition) is 3. The van der Waals surface area contributed by atoms with Crippen LogP contribution in [-0.4, -0.2) is 30.7 Å². The number of aliphatic hydroxyl groups is 1. The van der Waals surface area contributed by atoms with Crippen LogP contribution in [0.2, 0.25) is 5.02 Å². The van der Waals surface area contributed by atoms with Crippen LogP contribution >= 0.6 is 11.6 Å². The molecule has 0 saturated carbocycles. The predicted octanol–water partition coefficient (Wildman–Crippen LogP) is 4.91. The van der Waals surface area contributed by atoms with Crippen LogP contribution in [0.25, 0.3) is 38.6 Å². The van der Waals surface area contributed by atoms with Crippen LogP contribution in [0.4, 0.5) is 4.39 Å². The second kappa shape index (κ2) is 9.68. The number of fused-ring (bicyclic) bond motifs is 4. The number of H-pyrrole nitrogens is 1. The summed E-state index contributed by atoms with van der Waals surface area (Å²) in [4.78, 5) is 43.4. The summed E-state index contributed by atoms with van der Waals surface area (Å²) in [5.41, 5.74) is 6.11. The van der Waals surface area contributed by atoms with E-state index in [1.807, 2.05) is 0 Å². The van der Waals surface area contributed by atoms with Crippen molar-refractivity contribution in [3.05, 3.63) is 96.5 Å². The molecule has 1 amide bonds. The molecule has 10 heteroatoms. The second-order valence-electron chi connectivity index (χ2n) is 11.4. The predicted molar refractivity (Wildman–Crippen MR) is 162 cm³/mol. The Kier molecular flexibility index (Phi) is 5.62. The first-order valence-electron chi connectivity index (χ1n) is 15.0. The van der Waals surface area contributed by atoms with Crippen LogP contribution in [-0.2, 0) is 19.8 Å². The van der Waals surface area contributed by atoms with Gasteiger partial charge in [-0.2, -0.15) is 0 Å². The number of primary amides is 1. The van der Waals surface area contributed by atoms with E-state index in [2.05, 4.69) is 4.98 Å². The third kappa shape index (κ3) is 4.10. The van der Waals surface area contributed by atoms with Crippen molar-refractivity contribution < 1.29 is 18.4 Å². The lowest BCUT2D eigenvalue weighted by Crippen LogP contribution is -2.38. The number of aryl methyl sites for hydroxylation is 2. The van der Waals surface area contributed by atoms with Gasteiger partial charge in [-0.05, 0) is 86.9 Å². The number of nitrogens with zero attached hydrogens (tertiary/aromatic N) is 2. The minimum Gasteiger partial charge on any atom is -0.390 e. The Morgan fingerprint density at radius 1 is 1.24 bits per heavy atom. The number of halogens is 2. The molecule has 216 valence electrons. The maximum Gasteiger partial charge on any atom is 0.335 e. The number of nitrogens with one attached hydrogen (secondary N) is 1. The van der Waals surface area contributed by atoms with E-state index in [-0.39, 0.29) is 27.6 Å². The molecule has 0 saturated heterocycles. The van der Waals surface area contributed by atoms with Crippen LogP contribution in [0.3, 0.4) is 0 Å². The van der Waals surface area contributed by atoms with Gasteiger partial charge >= 0.3 is 5.69 Å². The number of nitrogens with two attached hydrogens (primary N) is 1. The molecule has 0 spiro atoms. The van der Waals surface area contributed by atoms with E-state index in [0.29, 0.717) is 51.4 Å². The number of carbonyl (C=O) groups excluding carboxylic acids is 1. The molecule has 0 fully saturated rings. The number of rotatable bonds is 4. The van der Waals surface area contributed by atoms with Crippen molar-refractivity contribution in [1.29, 1.82) is 0 Å². The van der Waals surface area contributed by atoms with Crippen molar-refractivity contribution in [2.75, 3.05) is 0 Å². The van der Waals surface area contributed by atoms with E-state index in [1.165, 1.54) is 24.3 Å². The summed E-state index contributed by atoms with van der Waals surface area (Å²) in [6.45, 7) is 2.10. The smallest absolute Gasteiger partial charge is 0.335 e. The molecule has 1 aliphatic rings. The van der Waals surface area contributed by atoms with Gasteiger partial charge in [-0.15, -0.1) is 0 Å². The fourth-order valence-electron chi connectivity index (χ4n) is 6.30. The zero-order valence-corrected chi connectivity index (χ0v) is 23.9. The highest BCUT2D eigenvalue weighted by atomic mass is 35.5. The first-order valence-corrected chi connectivity index (χ1v) is 13.8. The summed E-state index contributed by atoms with van der Waals surface area (Å²) in [7, 11) is 0. The number of benzene rings is 3. The third-order valence-electron chi connectivity index (χ3n) is 8.52. The normalized spacial score (nSPS) is 16.7. The Morgan fingerprint density at radius 2 is 1.98 bits per heavy atom. The van der Waals surface area contributed by atoms with Crippen LogP contribution in [0.15, 0.2) is 52.1 Å². The quantitative estimate of drug-likeness (QED) is 0.275. The fraction of sp³-hybridized carbons (Fsp3) is 0.281. The molecule has 3 aromatic carbocycles. The van der Waals surface area contributed by atoms with Crippen molar-refractivity contribution in [2.45, 2.75) is 45.6 Å². The SMILES string of the molecule is [2H]C([2H])([2H])n1c(=O)n(-c2cccc(-c3c(Cl)cc(C(N)=O)c4[nH]c5c(c34)CC[C@H](C(C)(C)O)C5)c2C)c(=O)c2cccc(F)c21. The largest absolute Gasteiger partial charge is 0.390 e. The Bertz CT molecular complexity index is 2190. The van der Waals surface area contributed by atoms with E-state index in [4.69, 9.17) is 21.4 Å². The average molecular weight is 592 g/mol. The van der Waals surface area contributed by atoms with Gasteiger partial charge in [-0.1, -0.05) is 29.8 Å². The summed E-state index contributed by atoms with van der Waals surface area (Å²) in [6, 6.07) is 9.86. The molecule has 0 radical (unpaired) electrons. The molecule has 6 rings (SSSR count). The van der Waals surface area contributed by atoms with Crippen molar-refractivity contribution in [3.8, 4) is 16.8 Å². The number of aromatic amines is 1. The summed E-state index contributed by atoms with van der Waals surface area (Å²) < 4.78 is 39.9. The minimum absolute atomic E-state index is 0.0379. The minimum atomic E-state index is -3.09. The van der Waals surface area contributed by atoms with Gasteiger partial charge in [0.25, 0.3) is 11.5 Å². The number of amides is 1. The molecule has 1 atom stereocenters. The number of hydrogen-bond acceptors (Lipinski definition) is 4. The van der Waals surface area contributed by atoms with Crippen LogP contribution in [0.1, 0.15) is 51.6 Å². The highest BCUT2D eigenvalue weighted by Crippen LogP contribution is 2.45. The molecular weight excluding hydrogens is 559 g/mol.